The Hall–Kier alpha value is -1.39. The van der Waals surface area contributed by atoms with Crippen LogP contribution in [0.2, 0.25) is 0 Å². The van der Waals surface area contributed by atoms with Crippen molar-refractivity contribution >= 4 is 5.91 Å². The second-order valence-corrected chi connectivity index (χ2v) is 4.72. The monoisotopic (exact) mass is 248 g/mol. The number of benzene rings is 1. The van der Waals surface area contributed by atoms with E-state index in [4.69, 9.17) is 10.5 Å². The third-order valence-electron chi connectivity index (χ3n) is 3.07. The molecule has 1 fully saturated rings. The van der Waals surface area contributed by atoms with Crippen LogP contribution in [0.4, 0.5) is 0 Å². The molecule has 1 aliphatic carbocycles. The van der Waals surface area contributed by atoms with Crippen molar-refractivity contribution in [1.82, 2.24) is 5.32 Å². The molecule has 0 atom stereocenters. The van der Waals surface area contributed by atoms with Crippen LogP contribution in [-0.4, -0.2) is 25.7 Å². The van der Waals surface area contributed by atoms with E-state index < -0.39 is 0 Å². The van der Waals surface area contributed by atoms with Crippen molar-refractivity contribution in [3.05, 3.63) is 35.4 Å². The van der Waals surface area contributed by atoms with Gasteiger partial charge in [-0.15, -0.1) is 0 Å². The summed E-state index contributed by atoms with van der Waals surface area (Å²) in [4.78, 5) is 11.2. The van der Waals surface area contributed by atoms with Crippen LogP contribution in [0.5, 0.6) is 0 Å². The van der Waals surface area contributed by atoms with Gasteiger partial charge in [-0.1, -0.05) is 18.2 Å². The van der Waals surface area contributed by atoms with Crippen LogP contribution in [-0.2, 0) is 11.3 Å². The number of ether oxygens (including phenoxy) is 1. The fourth-order valence-electron chi connectivity index (χ4n) is 1.82. The van der Waals surface area contributed by atoms with Crippen molar-refractivity contribution in [3.8, 4) is 0 Å². The molecule has 1 aromatic carbocycles. The molecule has 0 bridgehead atoms. The van der Waals surface area contributed by atoms with E-state index in [0.717, 1.165) is 31.2 Å². The quantitative estimate of drug-likeness (QED) is 0.682. The Morgan fingerprint density at radius 1 is 1.39 bits per heavy atom. The molecule has 1 aliphatic rings. The molecular formula is C14H20N2O2. The third-order valence-corrected chi connectivity index (χ3v) is 3.07. The van der Waals surface area contributed by atoms with E-state index in [1.807, 2.05) is 18.2 Å². The first-order chi connectivity index (χ1) is 8.77. The van der Waals surface area contributed by atoms with E-state index in [1.54, 1.807) is 6.07 Å². The minimum Gasteiger partial charge on any atom is -0.380 e. The first kappa shape index (κ1) is 13.1. The van der Waals surface area contributed by atoms with E-state index in [2.05, 4.69) is 5.32 Å². The van der Waals surface area contributed by atoms with Gasteiger partial charge in [0.2, 0.25) is 5.91 Å². The fraction of sp³-hybridized carbons (Fsp3) is 0.500. The Morgan fingerprint density at radius 3 is 2.89 bits per heavy atom. The first-order valence-corrected chi connectivity index (χ1v) is 6.43. The molecule has 1 saturated carbocycles. The molecule has 98 valence electrons. The maximum Gasteiger partial charge on any atom is 0.249 e. The molecular weight excluding hydrogens is 228 g/mol. The van der Waals surface area contributed by atoms with Crippen molar-refractivity contribution in [2.75, 3.05) is 19.8 Å². The highest BCUT2D eigenvalue weighted by Crippen LogP contribution is 2.28. The van der Waals surface area contributed by atoms with Gasteiger partial charge in [0.25, 0.3) is 0 Å². The van der Waals surface area contributed by atoms with E-state index in [0.29, 0.717) is 12.1 Å². The summed E-state index contributed by atoms with van der Waals surface area (Å²) in [6, 6.07) is 7.40. The van der Waals surface area contributed by atoms with Crippen molar-refractivity contribution in [3.63, 3.8) is 0 Å². The zero-order valence-electron chi connectivity index (χ0n) is 10.5. The molecule has 0 unspecified atom stereocenters. The SMILES string of the molecule is NC(=O)c1ccccc1CNCCOCC1CC1. The van der Waals surface area contributed by atoms with Gasteiger partial charge in [0, 0.05) is 25.3 Å². The number of nitrogens with one attached hydrogen (secondary N) is 1. The van der Waals surface area contributed by atoms with Crippen LogP contribution < -0.4 is 11.1 Å². The second kappa shape index (κ2) is 6.52. The molecule has 2 rings (SSSR count). The van der Waals surface area contributed by atoms with Gasteiger partial charge in [0.05, 0.1) is 6.61 Å². The van der Waals surface area contributed by atoms with Crippen LogP contribution >= 0.6 is 0 Å². The van der Waals surface area contributed by atoms with Gasteiger partial charge in [-0.2, -0.15) is 0 Å². The lowest BCUT2D eigenvalue weighted by atomic mass is 10.1. The Bertz CT molecular complexity index is 403. The molecule has 0 aromatic heterocycles. The third kappa shape index (κ3) is 4.13. The van der Waals surface area contributed by atoms with Crippen molar-refractivity contribution in [2.45, 2.75) is 19.4 Å². The van der Waals surface area contributed by atoms with Gasteiger partial charge >= 0.3 is 0 Å². The normalized spacial score (nSPS) is 14.7. The van der Waals surface area contributed by atoms with Crippen molar-refractivity contribution in [1.29, 1.82) is 0 Å². The number of hydrogen-bond donors (Lipinski definition) is 2. The number of primary amides is 1. The van der Waals surface area contributed by atoms with Crippen LogP contribution in [0.15, 0.2) is 24.3 Å². The van der Waals surface area contributed by atoms with E-state index in [9.17, 15) is 4.79 Å². The van der Waals surface area contributed by atoms with Gasteiger partial charge in [0.15, 0.2) is 0 Å². The highest BCUT2D eigenvalue weighted by molar-refractivity contribution is 5.94. The highest BCUT2D eigenvalue weighted by atomic mass is 16.5. The van der Waals surface area contributed by atoms with Crippen LogP contribution in [0, 0.1) is 5.92 Å². The number of amides is 1. The predicted octanol–water partition coefficient (Wildman–Crippen LogP) is 1.30. The minimum atomic E-state index is -0.377. The molecule has 0 heterocycles. The topological polar surface area (TPSA) is 64.4 Å². The van der Waals surface area contributed by atoms with E-state index >= 15 is 0 Å². The minimum absolute atomic E-state index is 0.377. The lowest BCUT2D eigenvalue weighted by molar-refractivity contribution is 0.0999. The number of carbonyl (C=O) groups excluding carboxylic acids is 1. The Labute approximate surface area is 108 Å². The molecule has 1 amide bonds. The fourth-order valence-corrected chi connectivity index (χ4v) is 1.82. The molecule has 4 nitrogen and oxygen atoms in total. The number of nitrogens with two attached hydrogens (primary N) is 1. The highest BCUT2D eigenvalue weighted by Gasteiger charge is 2.20. The smallest absolute Gasteiger partial charge is 0.249 e. The summed E-state index contributed by atoms with van der Waals surface area (Å²) in [6.07, 6.45) is 2.64. The summed E-state index contributed by atoms with van der Waals surface area (Å²) in [7, 11) is 0. The van der Waals surface area contributed by atoms with Gasteiger partial charge < -0.3 is 15.8 Å². The average molecular weight is 248 g/mol. The van der Waals surface area contributed by atoms with E-state index in [1.165, 1.54) is 12.8 Å². The summed E-state index contributed by atoms with van der Waals surface area (Å²) in [5.41, 5.74) is 6.84. The molecule has 3 N–H and O–H groups in total. The maximum absolute atomic E-state index is 11.2. The van der Waals surface area contributed by atoms with E-state index in [-0.39, 0.29) is 5.91 Å². The Morgan fingerprint density at radius 2 is 2.17 bits per heavy atom. The summed E-state index contributed by atoms with van der Waals surface area (Å²) >= 11 is 0. The Balaban J connectivity index is 1.67. The van der Waals surface area contributed by atoms with Gasteiger partial charge in [-0.05, 0) is 30.4 Å². The maximum atomic E-state index is 11.2. The molecule has 0 saturated heterocycles. The predicted molar refractivity (Wildman–Crippen MR) is 70.2 cm³/mol. The number of hydrogen-bond acceptors (Lipinski definition) is 3. The summed E-state index contributed by atoms with van der Waals surface area (Å²) in [6.45, 7) is 3.04. The molecule has 0 spiro atoms. The van der Waals surface area contributed by atoms with Gasteiger partial charge in [-0.3, -0.25) is 4.79 Å². The van der Waals surface area contributed by atoms with Gasteiger partial charge in [-0.25, -0.2) is 0 Å². The summed E-state index contributed by atoms with van der Waals surface area (Å²) in [5.74, 6) is 0.429. The second-order valence-electron chi connectivity index (χ2n) is 4.72. The molecule has 1 aromatic rings. The summed E-state index contributed by atoms with van der Waals surface area (Å²) < 4.78 is 5.52. The Kier molecular flexibility index (Phi) is 4.73. The zero-order valence-corrected chi connectivity index (χ0v) is 10.5. The van der Waals surface area contributed by atoms with Crippen LogP contribution in [0.1, 0.15) is 28.8 Å². The lowest BCUT2D eigenvalue weighted by Crippen LogP contribution is -2.22. The first-order valence-electron chi connectivity index (χ1n) is 6.43. The number of carbonyl (C=O) groups is 1. The van der Waals surface area contributed by atoms with Crippen molar-refractivity contribution < 1.29 is 9.53 Å². The van der Waals surface area contributed by atoms with Crippen LogP contribution in [0.25, 0.3) is 0 Å². The largest absolute Gasteiger partial charge is 0.380 e. The molecule has 4 heteroatoms. The summed E-state index contributed by atoms with van der Waals surface area (Å²) in [5, 5.41) is 3.26. The van der Waals surface area contributed by atoms with Crippen LogP contribution in [0.3, 0.4) is 0 Å². The number of rotatable bonds is 8. The standard InChI is InChI=1S/C14H20N2O2/c15-14(17)13-4-2-1-3-12(13)9-16-7-8-18-10-11-5-6-11/h1-4,11,16H,5-10H2,(H2,15,17). The average Bonchev–Trinajstić information content (AvgIpc) is 3.18. The molecule has 18 heavy (non-hydrogen) atoms. The van der Waals surface area contributed by atoms with Crippen molar-refractivity contribution in [2.24, 2.45) is 11.7 Å². The molecule has 0 aliphatic heterocycles. The lowest BCUT2D eigenvalue weighted by Gasteiger charge is -2.08. The van der Waals surface area contributed by atoms with Gasteiger partial charge in [0.1, 0.15) is 0 Å². The molecule has 0 radical (unpaired) electrons. The zero-order chi connectivity index (χ0) is 12.8.